The van der Waals surface area contributed by atoms with Gasteiger partial charge in [-0.1, -0.05) is 0 Å². The van der Waals surface area contributed by atoms with Crippen LogP contribution in [-0.2, 0) is 50.9 Å². The summed E-state index contributed by atoms with van der Waals surface area (Å²) in [5, 5.41) is 0. The van der Waals surface area contributed by atoms with Gasteiger partial charge in [-0.2, -0.15) is 0 Å². The smallest absolute Gasteiger partial charge is 0.354 e. The van der Waals surface area contributed by atoms with Gasteiger partial charge in [-0.15, -0.1) is 0 Å². The van der Waals surface area contributed by atoms with Gasteiger partial charge in [0.05, 0.1) is 19.8 Å². The second-order valence-corrected chi connectivity index (χ2v) is 3.65. The maximum Gasteiger partial charge on any atom is 0.354 e. The maximum atomic E-state index is 12.2. The number of hydrogen-bond acceptors (Lipinski definition) is 6. The molecule has 0 spiro atoms. The molecule has 0 aliphatic rings. The van der Waals surface area contributed by atoms with Crippen LogP contribution in [0.2, 0.25) is 0 Å². The molecule has 0 aromatic heterocycles. The van der Waals surface area contributed by atoms with E-state index in [-0.39, 0.29) is 42.2 Å². The van der Waals surface area contributed by atoms with Gasteiger partial charge in [-0.05, 0) is 34.6 Å². The topological polar surface area (TPSA) is 71.1 Å². The summed E-state index contributed by atoms with van der Waals surface area (Å²) in [4.78, 5) is 24.2. The summed E-state index contributed by atoms with van der Waals surface area (Å²) in [5.74, 6) is -3.56. The van der Waals surface area contributed by atoms with Crippen LogP contribution in [0.3, 0.4) is 0 Å². The molecule has 6 nitrogen and oxygen atoms in total. The fourth-order valence-corrected chi connectivity index (χ4v) is 1.55. The van der Waals surface area contributed by atoms with E-state index in [9.17, 15) is 9.59 Å². The van der Waals surface area contributed by atoms with Gasteiger partial charge >= 0.3 is 5.97 Å². The molecule has 0 saturated heterocycles. The maximum absolute atomic E-state index is 12.2. The van der Waals surface area contributed by atoms with Crippen molar-refractivity contribution in [2.24, 2.45) is 0 Å². The van der Waals surface area contributed by atoms with E-state index >= 15 is 0 Å². The SMILES string of the molecule is CCOC(C)C(=O)C(=O)C(OCC)(OCC)OCC.[Ta]. The minimum Gasteiger partial charge on any atom is -0.371 e. The molecule has 0 saturated carbocycles. The monoisotopic (exact) mass is 457 g/mol. The third kappa shape index (κ3) is 6.13. The summed E-state index contributed by atoms with van der Waals surface area (Å²) < 4.78 is 20.9. The van der Waals surface area contributed by atoms with Gasteiger partial charge in [-0.3, -0.25) is 9.59 Å². The largest absolute Gasteiger partial charge is 0.371 e. The number of Topliss-reactive ketones (excluding diaryl/α,β-unsaturated/α-hetero) is 2. The van der Waals surface area contributed by atoms with Crippen LogP contribution in [0.1, 0.15) is 34.6 Å². The van der Waals surface area contributed by atoms with Gasteiger partial charge in [0.25, 0.3) is 5.78 Å². The molecule has 0 heterocycles. The first-order valence-corrected chi connectivity index (χ1v) is 6.61. The molecule has 117 valence electrons. The molecule has 0 aromatic rings. The molecular weight excluding hydrogens is 433 g/mol. The summed E-state index contributed by atoms with van der Waals surface area (Å²) in [6, 6.07) is 0. The van der Waals surface area contributed by atoms with E-state index in [1.807, 2.05) is 0 Å². The Morgan fingerprint density at radius 2 is 1.30 bits per heavy atom. The Morgan fingerprint density at radius 1 is 0.900 bits per heavy atom. The number of carbonyl (C=O) groups is 2. The summed E-state index contributed by atoms with van der Waals surface area (Å²) in [6.45, 7) is 9.22. The first-order chi connectivity index (χ1) is 8.98. The van der Waals surface area contributed by atoms with Gasteiger partial charge in [0.15, 0.2) is 0 Å². The molecule has 0 N–H and O–H groups in total. The van der Waals surface area contributed by atoms with E-state index in [4.69, 9.17) is 18.9 Å². The van der Waals surface area contributed by atoms with Crippen molar-refractivity contribution in [2.45, 2.75) is 46.7 Å². The van der Waals surface area contributed by atoms with E-state index in [1.165, 1.54) is 6.92 Å². The molecule has 0 amide bonds. The van der Waals surface area contributed by atoms with E-state index in [0.717, 1.165) is 0 Å². The quantitative estimate of drug-likeness (QED) is 0.344. The Balaban J connectivity index is 0. The van der Waals surface area contributed by atoms with Gasteiger partial charge < -0.3 is 18.9 Å². The number of carbonyl (C=O) groups excluding carboxylic acids is 2. The van der Waals surface area contributed by atoms with E-state index in [2.05, 4.69) is 0 Å². The van der Waals surface area contributed by atoms with Gasteiger partial charge in [-0.25, -0.2) is 0 Å². The average molecular weight is 457 g/mol. The molecule has 0 rings (SSSR count). The molecule has 0 bridgehead atoms. The zero-order valence-electron chi connectivity index (χ0n) is 12.8. The number of rotatable bonds is 11. The van der Waals surface area contributed by atoms with Crippen molar-refractivity contribution in [2.75, 3.05) is 26.4 Å². The molecule has 1 unspecified atom stereocenters. The molecule has 7 heteroatoms. The second kappa shape index (κ2) is 11.6. The first kappa shape index (κ1) is 22.2. The molecule has 0 aromatic carbocycles. The minimum absolute atomic E-state index is 0. The second-order valence-electron chi connectivity index (χ2n) is 3.65. The van der Waals surface area contributed by atoms with Crippen molar-refractivity contribution in [3.05, 3.63) is 0 Å². The van der Waals surface area contributed by atoms with Crippen molar-refractivity contribution in [3.8, 4) is 0 Å². The van der Waals surface area contributed by atoms with E-state index in [0.29, 0.717) is 6.61 Å². The predicted molar refractivity (Wildman–Crippen MR) is 68.7 cm³/mol. The molecule has 0 aliphatic heterocycles. The zero-order valence-corrected chi connectivity index (χ0v) is 16.0. The Labute approximate surface area is 136 Å². The minimum atomic E-state index is -1.96. The summed E-state index contributed by atoms with van der Waals surface area (Å²) in [6.07, 6.45) is -0.849. The van der Waals surface area contributed by atoms with Crippen LogP contribution in [0.15, 0.2) is 0 Å². The van der Waals surface area contributed by atoms with E-state index in [1.54, 1.807) is 27.7 Å². The van der Waals surface area contributed by atoms with Crippen LogP contribution in [0.25, 0.3) is 0 Å². The van der Waals surface area contributed by atoms with Crippen molar-refractivity contribution >= 4 is 11.6 Å². The Kier molecular flexibility index (Phi) is 12.8. The van der Waals surface area contributed by atoms with Crippen LogP contribution in [-0.4, -0.2) is 50.1 Å². The first-order valence-electron chi connectivity index (χ1n) is 6.61. The third-order valence-electron chi connectivity index (χ3n) is 2.29. The summed E-state index contributed by atoms with van der Waals surface area (Å²) in [5.41, 5.74) is 0. The van der Waals surface area contributed by atoms with Crippen LogP contribution < -0.4 is 0 Å². The van der Waals surface area contributed by atoms with Crippen LogP contribution in [0.5, 0.6) is 0 Å². The average Bonchev–Trinajstić information content (AvgIpc) is 2.38. The Hall–Kier alpha value is -0.0797. The number of ketones is 2. The van der Waals surface area contributed by atoms with Gasteiger partial charge in [0.2, 0.25) is 5.78 Å². The normalized spacial score (nSPS) is 12.7. The number of ether oxygens (including phenoxy) is 4. The third-order valence-corrected chi connectivity index (χ3v) is 2.29. The van der Waals surface area contributed by atoms with Crippen molar-refractivity contribution in [1.82, 2.24) is 0 Å². The summed E-state index contributed by atoms with van der Waals surface area (Å²) >= 11 is 0. The van der Waals surface area contributed by atoms with Crippen LogP contribution in [0, 0.1) is 0 Å². The van der Waals surface area contributed by atoms with E-state index < -0.39 is 23.6 Å². The number of hydrogen-bond donors (Lipinski definition) is 0. The van der Waals surface area contributed by atoms with Crippen LogP contribution in [0.4, 0.5) is 0 Å². The predicted octanol–water partition coefficient (Wildman–Crippen LogP) is 1.31. The standard InChI is InChI=1S/C13H24O6.Ta/c1-6-16-10(5)11(14)12(15)13(17-7-2,18-8-3)19-9-4;/h10H,6-9H2,1-5H3;. The van der Waals surface area contributed by atoms with Gasteiger partial charge in [0, 0.05) is 29.0 Å². The molecule has 1 atom stereocenters. The molecular formula is C13H24O6Ta. The fraction of sp³-hybridized carbons (Fsp3) is 0.846. The molecule has 20 heavy (non-hydrogen) atoms. The molecule has 0 aliphatic carbocycles. The van der Waals surface area contributed by atoms with Crippen molar-refractivity contribution < 1.29 is 50.9 Å². The van der Waals surface area contributed by atoms with Gasteiger partial charge in [0.1, 0.15) is 6.10 Å². The zero-order chi connectivity index (χ0) is 14.9. The Morgan fingerprint density at radius 3 is 1.60 bits per heavy atom. The molecule has 1 radical (unpaired) electrons. The van der Waals surface area contributed by atoms with Crippen molar-refractivity contribution in [1.29, 1.82) is 0 Å². The van der Waals surface area contributed by atoms with Crippen molar-refractivity contribution in [3.63, 3.8) is 0 Å². The summed E-state index contributed by atoms with van der Waals surface area (Å²) in [7, 11) is 0. The molecule has 0 fully saturated rings. The Bertz CT molecular complexity index is 278. The fourth-order valence-electron chi connectivity index (χ4n) is 1.55. The van der Waals surface area contributed by atoms with Crippen LogP contribution >= 0.6 is 0 Å².